The van der Waals surface area contributed by atoms with Crippen molar-refractivity contribution >= 4 is 45.2 Å². The number of hydrogen-bond acceptors (Lipinski definition) is 4. The van der Waals surface area contributed by atoms with E-state index in [1.807, 2.05) is 49.4 Å². The SMILES string of the molecule is CCOc1ccc(SCC(=O)NCC(=O)Nc2ccccc2Br)cc1. The van der Waals surface area contributed by atoms with Gasteiger partial charge in [-0.1, -0.05) is 12.1 Å². The fourth-order valence-corrected chi connectivity index (χ4v) is 3.05. The maximum Gasteiger partial charge on any atom is 0.243 e. The Bertz CT molecular complexity index is 723. The van der Waals surface area contributed by atoms with E-state index in [2.05, 4.69) is 26.6 Å². The van der Waals surface area contributed by atoms with Crippen LogP contribution in [0.25, 0.3) is 0 Å². The minimum absolute atomic E-state index is 0.0655. The molecule has 0 aromatic heterocycles. The van der Waals surface area contributed by atoms with Crippen molar-refractivity contribution in [3.05, 3.63) is 53.0 Å². The second-order valence-corrected chi connectivity index (χ2v) is 6.90. The van der Waals surface area contributed by atoms with Crippen LogP contribution < -0.4 is 15.4 Å². The Kier molecular flexibility index (Phi) is 7.81. The van der Waals surface area contributed by atoms with E-state index < -0.39 is 0 Å². The van der Waals surface area contributed by atoms with Gasteiger partial charge in [-0.3, -0.25) is 9.59 Å². The lowest BCUT2D eigenvalue weighted by atomic mass is 10.3. The fraction of sp³-hybridized carbons (Fsp3) is 0.222. The monoisotopic (exact) mass is 422 g/mol. The van der Waals surface area contributed by atoms with E-state index >= 15 is 0 Å². The highest BCUT2D eigenvalue weighted by atomic mass is 79.9. The molecule has 2 amide bonds. The number of benzene rings is 2. The van der Waals surface area contributed by atoms with Gasteiger partial charge in [-0.05, 0) is 59.3 Å². The predicted molar refractivity (Wildman–Crippen MR) is 104 cm³/mol. The Balaban J connectivity index is 1.71. The van der Waals surface area contributed by atoms with Gasteiger partial charge in [-0.2, -0.15) is 0 Å². The fourth-order valence-electron chi connectivity index (χ4n) is 1.93. The van der Waals surface area contributed by atoms with E-state index in [-0.39, 0.29) is 24.1 Å². The van der Waals surface area contributed by atoms with Crippen molar-refractivity contribution in [3.8, 4) is 5.75 Å². The number of anilines is 1. The van der Waals surface area contributed by atoms with Gasteiger partial charge in [0.1, 0.15) is 5.75 Å². The molecule has 2 rings (SSSR count). The van der Waals surface area contributed by atoms with E-state index in [0.29, 0.717) is 12.3 Å². The minimum atomic E-state index is -0.272. The third-order valence-electron chi connectivity index (χ3n) is 3.10. The molecular weight excluding hydrogens is 404 g/mol. The van der Waals surface area contributed by atoms with Crippen molar-refractivity contribution in [3.63, 3.8) is 0 Å². The molecule has 0 bridgehead atoms. The lowest BCUT2D eigenvalue weighted by molar-refractivity contribution is -0.122. The molecule has 0 aliphatic carbocycles. The molecule has 25 heavy (non-hydrogen) atoms. The van der Waals surface area contributed by atoms with Gasteiger partial charge in [-0.15, -0.1) is 11.8 Å². The van der Waals surface area contributed by atoms with Crippen molar-refractivity contribution in [1.82, 2.24) is 5.32 Å². The summed E-state index contributed by atoms with van der Waals surface area (Å²) < 4.78 is 6.16. The molecule has 0 heterocycles. The van der Waals surface area contributed by atoms with Crippen molar-refractivity contribution in [2.24, 2.45) is 0 Å². The van der Waals surface area contributed by atoms with Crippen LogP contribution in [-0.2, 0) is 9.59 Å². The Morgan fingerprint density at radius 2 is 1.80 bits per heavy atom. The molecule has 2 N–H and O–H groups in total. The summed E-state index contributed by atoms with van der Waals surface area (Å²) in [6.45, 7) is 2.49. The summed E-state index contributed by atoms with van der Waals surface area (Å²) in [7, 11) is 0. The summed E-state index contributed by atoms with van der Waals surface area (Å²) in [6.07, 6.45) is 0. The van der Waals surface area contributed by atoms with Crippen molar-refractivity contribution in [2.75, 3.05) is 24.2 Å². The Hall–Kier alpha value is -1.99. The smallest absolute Gasteiger partial charge is 0.243 e. The van der Waals surface area contributed by atoms with E-state index in [4.69, 9.17) is 4.74 Å². The zero-order chi connectivity index (χ0) is 18.1. The number of carbonyl (C=O) groups excluding carboxylic acids is 2. The summed E-state index contributed by atoms with van der Waals surface area (Å²) in [5.41, 5.74) is 0.672. The summed E-state index contributed by atoms with van der Waals surface area (Å²) in [5.74, 6) is 0.587. The van der Waals surface area contributed by atoms with Crippen LogP contribution in [0.1, 0.15) is 6.92 Å². The van der Waals surface area contributed by atoms with E-state index in [9.17, 15) is 9.59 Å². The quantitative estimate of drug-likeness (QED) is 0.636. The number of halogens is 1. The zero-order valence-corrected chi connectivity index (χ0v) is 16.2. The highest BCUT2D eigenvalue weighted by Gasteiger charge is 2.08. The van der Waals surface area contributed by atoms with Crippen molar-refractivity contribution in [2.45, 2.75) is 11.8 Å². The molecule has 0 fully saturated rings. The molecule has 0 saturated heterocycles. The van der Waals surface area contributed by atoms with Crippen molar-refractivity contribution < 1.29 is 14.3 Å². The summed E-state index contributed by atoms with van der Waals surface area (Å²) in [6, 6.07) is 14.9. The highest BCUT2D eigenvalue weighted by molar-refractivity contribution is 9.10. The first-order chi connectivity index (χ1) is 12.1. The number of amides is 2. The maximum atomic E-state index is 11.9. The van der Waals surface area contributed by atoms with Gasteiger partial charge in [0, 0.05) is 9.37 Å². The minimum Gasteiger partial charge on any atom is -0.494 e. The molecule has 0 aliphatic rings. The Morgan fingerprint density at radius 3 is 2.48 bits per heavy atom. The maximum absolute atomic E-state index is 11.9. The number of thioether (sulfide) groups is 1. The molecular formula is C18H19BrN2O3S. The second-order valence-electron chi connectivity index (χ2n) is 5.00. The van der Waals surface area contributed by atoms with Crippen LogP contribution in [0.2, 0.25) is 0 Å². The lowest BCUT2D eigenvalue weighted by Gasteiger charge is -2.08. The first-order valence-corrected chi connectivity index (χ1v) is 9.53. The van der Waals surface area contributed by atoms with Crippen LogP contribution in [-0.4, -0.2) is 30.7 Å². The van der Waals surface area contributed by atoms with Gasteiger partial charge in [0.05, 0.1) is 24.6 Å². The third kappa shape index (κ3) is 6.80. The lowest BCUT2D eigenvalue weighted by Crippen LogP contribution is -2.33. The molecule has 7 heteroatoms. The normalized spacial score (nSPS) is 10.2. The number of rotatable bonds is 8. The van der Waals surface area contributed by atoms with Crippen LogP contribution in [0.4, 0.5) is 5.69 Å². The molecule has 0 spiro atoms. The second kappa shape index (κ2) is 10.1. The molecule has 0 radical (unpaired) electrons. The van der Waals surface area contributed by atoms with E-state index in [1.165, 1.54) is 11.8 Å². The largest absolute Gasteiger partial charge is 0.494 e. The highest BCUT2D eigenvalue weighted by Crippen LogP contribution is 2.22. The molecule has 2 aromatic rings. The summed E-state index contributed by atoms with van der Waals surface area (Å²) in [4.78, 5) is 24.7. The van der Waals surface area contributed by atoms with Gasteiger partial charge in [0.2, 0.25) is 11.8 Å². The standard InChI is InChI=1S/C18H19BrN2O3S/c1-2-24-13-7-9-14(10-8-13)25-12-18(23)20-11-17(22)21-16-6-4-3-5-15(16)19/h3-10H,2,11-12H2,1H3,(H,20,23)(H,21,22). The molecule has 0 unspecified atom stereocenters. The topological polar surface area (TPSA) is 67.4 Å². The first kappa shape index (κ1) is 19.3. The molecule has 0 aliphatic heterocycles. The number of carbonyl (C=O) groups is 2. The van der Waals surface area contributed by atoms with E-state index in [0.717, 1.165) is 15.1 Å². The van der Waals surface area contributed by atoms with Crippen molar-refractivity contribution in [1.29, 1.82) is 0 Å². The first-order valence-electron chi connectivity index (χ1n) is 7.75. The number of hydrogen-bond donors (Lipinski definition) is 2. The van der Waals surface area contributed by atoms with Crippen LogP contribution in [0.3, 0.4) is 0 Å². The molecule has 5 nitrogen and oxygen atoms in total. The van der Waals surface area contributed by atoms with Crippen LogP contribution in [0, 0.1) is 0 Å². The van der Waals surface area contributed by atoms with Gasteiger partial charge >= 0.3 is 0 Å². The molecule has 0 saturated carbocycles. The van der Waals surface area contributed by atoms with Gasteiger partial charge in [-0.25, -0.2) is 0 Å². The number of para-hydroxylation sites is 1. The Morgan fingerprint density at radius 1 is 1.08 bits per heavy atom. The van der Waals surface area contributed by atoms with Crippen LogP contribution in [0.5, 0.6) is 5.75 Å². The van der Waals surface area contributed by atoms with Gasteiger partial charge < -0.3 is 15.4 Å². The third-order valence-corrected chi connectivity index (χ3v) is 4.80. The number of nitrogens with one attached hydrogen (secondary N) is 2. The van der Waals surface area contributed by atoms with Gasteiger partial charge in [0.15, 0.2) is 0 Å². The molecule has 0 atom stereocenters. The average molecular weight is 423 g/mol. The predicted octanol–water partition coefficient (Wildman–Crippen LogP) is 3.69. The Labute approximate surface area is 159 Å². The summed E-state index contributed by atoms with van der Waals surface area (Å²) in [5, 5.41) is 5.35. The molecule has 132 valence electrons. The van der Waals surface area contributed by atoms with E-state index in [1.54, 1.807) is 6.07 Å². The van der Waals surface area contributed by atoms with Crippen LogP contribution >= 0.6 is 27.7 Å². The van der Waals surface area contributed by atoms with Gasteiger partial charge in [0.25, 0.3) is 0 Å². The van der Waals surface area contributed by atoms with Crippen LogP contribution in [0.15, 0.2) is 57.9 Å². The zero-order valence-electron chi connectivity index (χ0n) is 13.8. The number of ether oxygens (including phenoxy) is 1. The summed E-state index contributed by atoms with van der Waals surface area (Å²) >= 11 is 4.76. The average Bonchev–Trinajstić information content (AvgIpc) is 2.61. The molecule has 2 aromatic carbocycles.